The molecule has 0 saturated heterocycles. The Morgan fingerprint density at radius 2 is 1.68 bits per heavy atom. The first kappa shape index (κ1) is 15.6. The van der Waals surface area contributed by atoms with E-state index in [2.05, 4.69) is 29.3 Å². The zero-order chi connectivity index (χ0) is 17.2. The summed E-state index contributed by atoms with van der Waals surface area (Å²) in [5.74, 6) is 0. The van der Waals surface area contributed by atoms with Gasteiger partial charge in [0.05, 0.1) is 10.6 Å². The first-order chi connectivity index (χ1) is 12.2. The average molecular weight is 332 g/mol. The average Bonchev–Trinajstić information content (AvgIpc) is 3.01. The molecule has 1 fully saturated rings. The fourth-order valence-corrected chi connectivity index (χ4v) is 3.65. The number of nitrogens with one attached hydrogen (secondary N) is 1. The van der Waals surface area contributed by atoms with Gasteiger partial charge in [-0.3, -0.25) is 10.1 Å². The van der Waals surface area contributed by atoms with Crippen molar-refractivity contribution >= 4 is 22.7 Å². The second kappa shape index (κ2) is 6.55. The SMILES string of the molecule is O=[N+]([O-])c1ccc(-c2[nH]c3ccccc3c2C=C2CCCCC2)cc1. The lowest BCUT2D eigenvalue weighted by Gasteiger charge is -2.13. The van der Waals surface area contributed by atoms with E-state index < -0.39 is 0 Å². The van der Waals surface area contributed by atoms with Gasteiger partial charge >= 0.3 is 0 Å². The second-order valence-corrected chi connectivity index (χ2v) is 6.63. The lowest BCUT2D eigenvalue weighted by Crippen LogP contribution is -1.93. The van der Waals surface area contributed by atoms with E-state index in [9.17, 15) is 10.1 Å². The summed E-state index contributed by atoms with van der Waals surface area (Å²) >= 11 is 0. The van der Waals surface area contributed by atoms with Gasteiger partial charge in [0.1, 0.15) is 0 Å². The fourth-order valence-electron chi connectivity index (χ4n) is 3.65. The van der Waals surface area contributed by atoms with E-state index in [-0.39, 0.29) is 10.6 Å². The highest BCUT2D eigenvalue weighted by Gasteiger charge is 2.14. The third-order valence-corrected chi connectivity index (χ3v) is 4.96. The molecule has 1 N–H and O–H groups in total. The maximum atomic E-state index is 10.9. The quantitative estimate of drug-likeness (QED) is 0.466. The first-order valence-electron chi connectivity index (χ1n) is 8.77. The predicted octanol–water partition coefficient (Wildman–Crippen LogP) is 6.09. The molecule has 4 heteroatoms. The number of nitrogens with zero attached hydrogens (tertiary/aromatic N) is 1. The normalized spacial score (nSPS) is 14.6. The molecule has 0 aliphatic heterocycles. The first-order valence-corrected chi connectivity index (χ1v) is 8.77. The van der Waals surface area contributed by atoms with E-state index in [4.69, 9.17) is 0 Å². The highest BCUT2D eigenvalue weighted by atomic mass is 16.6. The Kier molecular flexibility index (Phi) is 4.10. The van der Waals surface area contributed by atoms with Crippen molar-refractivity contribution in [1.82, 2.24) is 4.98 Å². The third-order valence-electron chi connectivity index (χ3n) is 4.96. The summed E-state index contributed by atoms with van der Waals surface area (Å²) in [4.78, 5) is 14.1. The molecule has 1 aliphatic rings. The molecule has 25 heavy (non-hydrogen) atoms. The van der Waals surface area contributed by atoms with Crippen molar-refractivity contribution in [2.75, 3.05) is 0 Å². The molecule has 3 aromatic rings. The lowest BCUT2D eigenvalue weighted by molar-refractivity contribution is -0.384. The molecule has 4 nitrogen and oxygen atoms in total. The molecule has 0 bridgehead atoms. The van der Waals surface area contributed by atoms with Crippen molar-refractivity contribution in [2.24, 2.45) is 0 Å². The van der Waals surface area contributed by atoms with Crippen LogP contribution in [-0.4, -0.2) is 9.91 Å². The summed E-state index contributed by atoms with van der Waals surface area (Å²) in [5.41, 5.74) is 5.92. The van der Waals surface area contributed by atoms with Crippen molar-refractivity contribution in [3.05, 3.63) is 69.8 Å². The van der Waals surface area contributed by atoms with Gasteiger partial charge in [-0.1, -0.05) is 36.3 Å². The Morgan fingerprint density at radius 3 is 2.40 bits per heavy atom. The van der Waals surface area contributed by atoms with Crippen LogP contribution in [0.2, 0.25) is 0 Å². The number of non-ortho nitro benzene ring substituents is 1. The highest BCUT2D eigenvalue weighted by Crippen LogP contribution is 2.35. The molecule has 0 atom stereocenters. The number of fused-ring (bicyclic) bond motifs is 1. The van der Waals surface area contributed by atoms with Crippen molar-refractivity contribution in [3.8, 4) is 11.3 Å². The summed E-state index contributed by atoms with van der Waals surface area (Å²) in [6.45, 7) is 0. The number of hydrogen-bond donors (Lipinski definition) is 1. The lowest BCUT2D eigenvalue weighted by atomic mass is 9.92. The van der Waals surface area contributed by atoms with Gasteiger partial charge in [0, 0.05) is 28.6 Å². The van der Waals surface area contributed by atoms with E-state index in [1.165, 1.54) is 48.6 Å². The zero-order valence-corrected chi connectivity index (χ0v) is 14.0. The molecule has 0 spiro atoms. The number of aromatic nitrogens is 1. The van der Waals surface area contributed by atoms with Crippen molar-refractivity contribution in [1.29, 1.82) is 0 Å². The summed E-state index contributed by atoms with van der Waals surface area (Å²) < 4.78 is 0. The number of nitro groups is 1. The molecule has 126 valence electrons. The molecular formula is C21H20N2O2. The molecule has 1 heterocycles. The van der Waals surface area contributed by atoms with Crippen molar-refractivity contribution < 1.29 is 4.92 Å². The van der Waals surface area contributed by atoms with Crippen LogP contribution in [-0.2, 0) is 0 Å². The molecule has 0 radical (unpaired) electrons. The third kappa shape index (κ3) is 3.07. The number of allylic oxidation sites excluding steroid dienone is 1. The van der Waals surface area contributed by atoms with Gasteiger partial charge in [0.15, 0.2) is 0 Å². The highest BCUT2D eigenvalue weighted by molar-refractivity contribution is 5.97. The number of para-hydroxylation sites is 1. The monoisotopic (exact) mass is 332 g/mol. The molecule has 0 amide bonds. The van der Waals surface area contributed by atoms with Gasteiger partial charge in [0.25, 0.3) is 5.69 Å². The Bertz CT molecular complexity index is 944. The number of rotatable bonds is 3. The number of benzene rings is 2. The zero-order valence-electron chi connectivity index (χ0n) is 14.0. The van der Waals surface area contributed by atoms with E-state index in [0.717, 1.165) is 16.8 Å². The Morgan fingerprint density at radius 1 is 0.960 bits per heavy atom. The van der Waals surface area contributed by atoms with Crippen LogP contribution in [0.15, 0.2) is 54.1 Å². The van der Waals surface area contributed by atoms with Gasteiger partial charge in [-0.25, -0.2) is 0 Å². The van der Waals surface area contributed by atoms with Gasteiger partial charge in [-0.05, 0) is 49.4 Å². The molecule has 1 aliphatic carbocycles. The Hall–Kier alpha value is -2.88. The second-order valence-electron chi connectivity index (χ2n) is 6.63. The largest absolute Gasteiger partial charge is 0.354 e. The van der Waals surface area contributed by atoms with E-state index in [0.29, 0.717) is 0 Å². The van der Waals surface area contributed by atoms with Crippen LogP contribution >= 0.6 is 0 Å². The van der Waals surface area contributed by atoms with Crippen LogP contribution in [0.5, 0.6) is 0 Å². The fraction of sp³-hybridized carbons (Fsp3) is 0.238. The number of H-pyrrole nitrogens is 1. The predicted molar refractivity (Wildman–Crippen MR) is 101 cm³/mol. The maximum absolute atomic E-state index is 10.9. The van der Waals surface area contributed by atoms with Gasteiger partial charge < -0.3 is 4.98 Å². The summed E-state index contributed by atoms with van der Waals surface area (Å²) in [6.07, 6.45) is 8.51. The Labute approximate surface area is 146 Å². The van der Waals surface area contributed by atoms with Crippen LogP contribution in [0.4, 0.5) is 5.69 Å². The summed E-state index contributed by atoms with van der Waals surface area (Å²) in [6, 6.07) is 15.1. The van der Waals surface area contributed by atoms with Crippen molar-refractivity contribution in [3.63, 3.8) is 0 Å². The van der Waals surface area contributed by atoms with Crippen LogP contribution in [0.1, 0.15) is 37.7 Å². The van der Waals surface area contributed by atoms with Crippen molar-refractivity contribution in [2.45, 2.75) is 32.1 Å². The standard InChI is InChI=1S/C21H20N2O2/c24-23(25)17-12-10-16(11-13-17)21-19(14-15-6-2-1-3-7-15)18-8-4-5-9-20(18)22-21/h4-5,8-14,22H,1-3,6-7H2. The van der Waals surface area contributed by atoms with Crippen LogP contribution in [0.3, 0.4) is 0 Å². The number of nitro benzene ring substituents is 1. The van der Waals surface area contributed by atoms with Gasteiger partial charge in [0.2, 0.25) is 0 Å². The summed E-state index contributed by atoms with van der Waals surface area (Å²) in [5, 5.41) is 12.1. The minimum Gasteiger partial charge on any atom is -0.354 e. The summed E-state index contributed by atoms with van der Waals surface area (Å²) in [7, 11) is 0. The maximum Gasteiger partial charge on any atom is 0.269 e. The number of aromatic amines is 1. The van der Waals surface area contributed by atoms with Gasteiger partial charge in [-0.15, -0.1) is 0 Å². The molecule has 0 unspecified atom stereocenters. The van der Waals surface area contributed by atoms with Gasteiger partial charge in [-0.2, -0.15) is 0 Å². The molecular weight excluding hydrogens is 312 g/mol. The molecule has 1 aromatic heterocycles. The molecule has 4 rings (SSSR count). The van der Waals surface area contributed by atoms with E-state index in [1.807, 2.05) is 18.2 Å². The van der Waals surface area contributed by atoms with E-state index >= 15 is 0 Å². The van der Waals surface area contributed by atoms with Crippen LogP contribution < -0.4 is 0 Å². The molecule has 1 saturated carbocycles. The number of hydrogen-bond acceptors (Lipinski definition) is 2. The van der Waals surface area contributed by atoms with Crippen LogP contribution in [0, 0.1) is 10.1 Å². The topological polar surface area (TPSA) is 58.9 Å². The van der Waals surface area contributed by atoms with E-state index in [1.54, 1.807) is 12.1 Å². The van der Waals surface area contributed by atoms with Crippen LogP contribution in [0.25, 0.3) is 28.2 Å². The minimum atomic E-state index is -0.361. The molecule has 2 aromatic carbocycles. The Balaban J connectivity index is 1.85. The smallest absolute Gasteiger partial charge is 0.269 e. The minimum absolute atomic E-state index is 0.118.